The molecule has 2 aromatic carbocycles. The SMILES string of the molecule is O=C1Cn2c(C(=O)NC[C@H]3COCCO3)nc(NC(=O)c3nsc4ccc(F)cc34)c2[C@@H](c2cc(F)ccc2Cl)C(=O)N1. The Bertz CT molecular complexity index is 1790. The maximum atomic E-state index is 14.4. The van der Waals surface area contributed by atoms with E-state index >= 15 is 0 Å². The molecule has 6 rings (SSSR count). The standard InChI is InChI=1S/C27H21ClF2N6O6S/c28-17-3-1-12(29)7-15(17)20-22-23(34-26(39)21-16-8-13(30)2-4-18(16)43-35-21)33-24(36(22)10-19(37)32-25(20)38)27(40)31-9-14-11-41-5-6-42-14/h1-4,7-8,14,20H,5-6,9-11H2,(H,31,40)(H,34,39)(H,32,37,38)/t14-,20+/m0/s1. The highest BCUT2D eigenvalue weighted by molar-refractivity contribution is 7.13. The molecule has 1 saturated heterocycles. The van der Waals surface area contributed by atoms with Gasteiger partial charge in [-0.2, -0.15) is 4.37 Å². The molecule has 0 aliphatic carbocycles. The number of nitrogens with one attached hydrogen (secondary N) is 3. The van der Waals surface area contributed by atoms with Gasteiger partial charge in [-0.3, -0.25) is 24.5 Å². The molecule has 0 unspecified atom stereocenters. The Hall–Kier alpha value is -4.31. The Labute approximate surface area is 250 Å². The van der Waals surface area contributed by atoms with E-state index in [-0.39, 0.29) is 52.2 Å². The molecule has 0 bridgehead atoms. The van der Waals surface area contributed by atoms with Crippen LogP contribution in [0.3, 0.4) is 0 Å². The highest BCUT2D eigenvalue weighted by atomic mass is 35.5. The molecule has 16 heteroatoms. The van der Waals surface area contributed by atoms with E-state index in [1.165, 1.54) is 18.2 Å². The van der Waals surface area contributed by atoms with Crippen LogP contribution in [0.25, 0.3) is 10.1 Å². The van der Waals surface area contributed by atoms with Gasteiger partial charge in [-0.25, -0.2) is 13.8 Å². The minimum atomic E-state index is -1.47. The first-order valence-electron chi connectivity index (χ1n) is 12.9. The average Bonchev–Trinajstić information content (AvgIpc) is 3.51. The fourth-order valence-corrected chi connectivity index (χ4v) is 5.89. The summed E-state index contributed by atoms with van der Waals surface area (Å²) in [7, 11) is 0. The Morgan fingerprint density at radius 2 is 1.91 bits per heavy atom. The molecule has 2 atom stereocenters. The third-order valence-corrected chi connectivity index (χ3v) is 8.00. The summed E-state index contributed by atoms with van der Waals surface area (Å²) in [5.41, 5.74) is -0.264. The number of carbonyl (C=O) groups excluding carboxylic acids is 4. The molecule has 3 N–H and O–H groups in total. The van der Waals surface area contributed by atoms with Crippen molar-refractivity contribution in [2.24, 2.45) is 0 Å². The van der Waals surface area contributed by atoms with Crippen molar-refractivity contribution in [1.82, 2.24) is 24.6 Å². The second-order valence-electron chi connectivity index (χ2n) is 9.67. The zero-order valence-electron chi connectivity index (χ0n) is 22.0. The van der Waals surface area contributed by atoms with Gasteiger partial charge in [0.05, 0.1) is 36.3 Å². The van der Waals surface area contributed by atoms with E-state index in [1.807, 2.05) is 0 Å². The fourth-order valence-electron chi connectivity index (χ4n) is 4.91. The van der Waals surface area contributed by atoms with Crippen LogP contribution < -0.4 is 16.0 Å². The largest absolute Gasteiger partial charge is 0.376 e. The highest BCUT2D eigenvalue weighted by Gasteiger charge is 2.39. The van der Waals surface area contributed by atoms with Crippen molar-refractivity contribution in [3.05, 3.63) is 75.8 Å². The third-order valence-electron chi connectivity index (χ3n) is 6.83. The van der Waals surface area contributed by atoms with Gasteiger partial charge in [0.25, 0.3) is 11.8 Å². The summed E-state index contributed by atoms with van der Waals surface area (Å²) in [5, 5.41) is 7.67. The summed E-state index contributed by atoms with van der Waals surface area (Å²) in [6.07, 6.45) is -0.433. The number of benzene rings is 2. The van der Waals surface area contributed by atoms with E-state index in [2.05, 4.69) is 25.3 Å². The summed E-state index contributed by atoms with van der Waals surface area (Å²) in [6.45, 7) is 0.534. The van der Waals surface area contributed by atoms with Gasteiger partial charge in [0.2, 0.25) is 17.6 Å². The van der Waals surface area contributed by atoms with Crippen molar-refractivity contribution < 1.29 is 37.4 Å². The number of hydrogen-bond acceptors (Lipinski definition) is 9. The van der Waals surface area contributed by atoms with E-state index < -0.39 is 53.8 Å². The predicted octanol–water partition coefficient (Wildman–Crippen LogP) is 2.61. The Morgan fingerprint density at radius 3 is 2.70 bits per heavy atom. The van der Waals surface area contributed by atoms with E-state index in [4.69, 9.17) is 21.1 Å². The Balaban J connectivity index is 1.45. The molecule has 4 heterocycles. The molecule has 43 heavy (non-hydrogen) atoms. The molecule has 0 saturated carbocycles. The molecule has 2 aromatic heterocycles. The van der Waals surface area contributed by atoms with Crippen LogP contribution in [0, 0.1) is 11.6 Å². The molecule has 4 aromatic rings. The van der Waals surface area contributed by atoms with Crippen molar-refractivity contribution in [1.29, 1.82) is 0 Å². The van der Waals surface area contributed by atoms with Gasteiger partial charge in [0, 0.05) is 17.0 Å². The molecular weight excluding hydrogens is 610 g/mol. The van der Waals surface area contributed by atoms with Gasteiger partial charge in [-0.1, -0.05) is 11.6 Å². The van der Waals surface area contributed by atoms with Crippen molar-refractivity contribution in [3.8, 4) is 0 Å². The van der Waals surface area contributed by atoms with Crippen LogP contribution in [0.4, 0.5) is 14.6 Å². The zero-order valence-corrected chi connectivity index (χ0v) is 23.6. The lowest BCUT2D eigenvalue weighted by Gasteiger charge is -2.23. The summed E-state index contributed by atoms with van der Waals surface area (Å²) < 4.78 is 45.1. The molecule has 0 spiro atoms. The maximum absolute atomic E-state index is 14.4. The second kappa shape index (κ2) is 11.8. The number of halogens is 3. The number of anilines is 1. The number of imide groups is 1. The summed E-state index contributed by atoms with van der Waals surface area (Å²) >= 11 is 7.35. The van der Waals surface area contributed by atoms with Crippen molar-refractivity contribution in [2.45, 2.75) is 18.6 Å². The molecule has 2 aliphatic rings. The lowest BCUT2D eigenvalue weighted by atomic mass is 9.94. The molecule has 1 fully saturated rings. The van der Waals surface area contributed by atoms with Crippen LogP contribution in [0.1, 0.15) is 38.3 Å². The maximum Gasteiger partial charge on any atom is 0.287 e. The number of aromatic nitrogens is 3. The lowest BCUT2D eigenvalue weighted by molar-refractivity contribution is -0.130. The van der Waals surface area contributed by atoms with E-state index in [9.17, 15) is 28.0 Å². The lowest BCUT2D eigenvalue weighted by Crippen LogP contribution is -2.40. The van der Waals surface area contributed by atoms with Crippen LogP contribution >= 0.6 is 23.1 Å². The first kappa shape index (κ1) is 28.8. The summed E-state index contributed by atoms with van der Waals surface area (Å²) in [4.78, 5) is 57.4. The predicted molar refractivity (Wildman–Crippen MR) is 149 cm³/mol. The van der Waals surface area contributed by atoms with Crippen LogP contribution in [-0.2, 0) is 25.6 Å². The molecule has 222 valence electrons. The molecule has 2 aliphatic heterocycles. The van der Waals surface area contributed by atoms with Crippen molar-refractivity contribution >= 4 is 62.7 Å². The average molecular weight is 631 g/mol. The number of carbonyl (C=O) groups is 4. The summed E-state index contributed by atoms with van der Waals surface area (Å²) in [5.74, 6) is -6.61. The number of nitrogens with zero attached hydrogens (tertiary/aromatic N) is 3. The van der Waals surface area contributed by atoms with Gasteiger partial charge in [-0.05, 0) is 53.5 Å². The molecule has 0 radical (unpaired) electrons. The van der Waals surface area contributed by atoms with Gasteiger partial charge in [-0.15, -0.1) is 0 Å². The third kappa shape index (κ3) is 5.71. The van der Waals surface area contributed by atoms with Crippen molar-refractivity contribution in [3.63, 3.8) is 0 Å². The van der Waals surface area contributed by atoms with E-state index in [0.29, 0.717) is 17.9 Å². The topological polar surface area (TPSA) is 154 Å². The number of amides is 4. The minimum absolute atomic E-state index is 0.0117. The smallest absolute Gasteiger partial charge is 0.287 e. The van der Waals surface area contributed by atoms with Crippen LogP contribution in [0.5, 0.6) is 0 Å². The Morgan fingerprint density at radius 1 is 1.12 bits per heavy atom. The number of fused-ring (bicyclic) bond motifs is 2. The van der Waals surface area contributed by atoms with Gasteiger partial charge in [0.15, 0.2) is 5.82 Å². The zero-order chi connectivity index (χ0) is 30.2. The number of ether oxygens (including phenoxy) is 2. The molecule has 4 amide bonds. The normalized spacial score (nSPS) is 18.6. The first-order chi connectivity index (χ1) is 20.7. The molecule has 12 nitrogen and oxygen atoms in total. The number of imidazole rings is 1. The van der Waals surface area contributed by atoms with Crippen LogP contribution in [0.15, 0.2) is 36.4 Å². The van der Waals surface area contributed by atoms with Gasteiger partial charge in [0.1, 0.15) is 29.8 Å². The number of rotatable bonds is 6. The van der Waals surface area contributed by atoms with Gasteiger partial charge < -0.3 is 24.7 Å². The first-order valence-corrected chi connectivity index (χ1v) is 14.1. The Kier molecular flexibility index (Phi) is 7.87. The minimum Gasteiger partial charge on any atom is -0.376 e. The number of hydrogen-bond donors (Lipinski definition) is 3. The monoisotopic (exact) mass is 630 g/mol. The second-order valence-corrected chi connectivity index (χ2v) is 10.9. The van der Waals surface area contributed by atoms with E-state index in [1.54, 1.807) is 0 Å². The van der Waals surface area contributed by atoms with Crippen LogP contribution in [-0.4, -0.2) is 70.0 Å². The molecular formula is C27H21ClF2N6O6S. The van der Waals surface area contributed by atoms with Crippen molar-refractivity contribution in [2.75, 3.05) is 31.7 Å². The fraction of sp³-hybridized carbons (Fsp3) is 0.259. The van der Waals surface area contributed by atoms with Crippen LogP contribution in [0.2, 0.25) is 5.02 Å². The quantitative estimate of drug-likeness (QED) is 0.275. The summed E-state index contributed by atoms with van der Waals surface area (Å²) in [6, 6.07) is 7.20. The highest BCUT2D eigenvalue weighted by Crippen LogP contribution is 2.37. The van der Waals surface area contributed by atoms with E-state index in [0.717, 1.165) is 34.3 Å². The van der Waals surface area contributed by atoms with Gasteiger partial charge >= 0.3 is 0 Å².